The van der Waals surface area contributed by atoms with Crippen molar-refractivity contribution in [1.29, 1.82) is 0 Å². The zero-order valence-corrected chi connectivity index (χ0v) is 16.7. The van der Waals surface area contributed by atoms with Gasteiger partial charge in [0.05, 0.1) is 27.8 Å². The Hall–Kier alpha value is -2.34. The average molecular weight is 375 g/mol. The van der Waals surface area contributed by atoms with Crippen LogP contribution in [0.1, 0.15) is 11.1 Å². The third kappa shape index (κ3) is 4.85. The summed E-state index contributed by atoms with van der Waals surface area (Å²) in [6.07, 6.45) is 2.30. The van der Waals surface area contributed by atoms with Crippen LogP contribution < -0.4 is 14.2 Å². The molecule has 0 saturated carbocycles. The number of methoxy groups -OCH3 is 3. The lowest BCUT2D eigenvalue weighted by atomic mass is 10.1. The minimum Gasteiger partial charge on any atom is -0.493 e. The molecule has 0 radical (unpaired) electrons. The Labute approximate surface area is 159 Å². The highest BCUT2D eigenvalue weighted by Gasteiger charge is 2.16. The molecule has 0 aliphatic carbocycles. The third-order valence-electron chi connectivity index (χ3n) is 4.08. The Morgan fingerprint density at radius 1 is 0.962 bits per heavy atom. The van der Waals surface area contributed by atoms with Crippen molar-refractivity contribution in [3.63, 3.8) is 0 Å². The summed E-state index contributed by atoms with van der Waals surface area (Å²) < 4.78 is 16.0. The highest BCUT2D eigenvalue weighted by Crippen LogP contribution is 2.38. The van der Waals surface area contributed by atoms with E-state index in [-0.39, 0.29) is 12.3 Å². The number of hydrogen-bond donors (Lipinski definition) is 0. The molecule has 0 aliphatic rings. The summed E-state index contributed by atoms with van der Waals surface area (Å²) in [6.45, 7) is 0.567. The summed E-state index contributed by atoms with van der Waals surface area (Å²) in [7, 11) is 6.49. The van der Waals surface area contributed by atoms with E-state index < -0.39 is 0 Å². The van der Waals surface area contributed by atoms with Gasteiger partial charge in [-0.2, -0.15) is 0 Å². The number of nitrogens with zero attached hydrogens (tertiary/aromatic N) is 1. The monoisotopic (exact) mass is 375 g/mol. The van der Waals surface area contributed by atoms with Crippen molar-refractivity contribution >= 4 is 17.7 Å². The predicted molar refractivity (Wildman–Crippen MR) is 104 cm³/mol. The highest BCUT2D eigenvalue weighted by atomic mass is 32.2. The molecule has 0 unspecified atom stereocenters. The van der Waals surface area contributed by atoms with Crippen LogP contribution in [0.25, 0.3) is 0 Å². The maximum absolute atomic E-state index is 12.6. The average Bonchev–Trinajstić information content (AvgIpc) is 2.67. The Kier molecular flexibility index (Phi) is 7.21. The molecule has 0 aliphatic heterocycles. The first-order chi connectivity index (χ1) is 12.5. The van der Waals surface area contributed by atoms with Gasteiger partial charge in [0.1, 0.15) is 0 Å². The Morgan fingerprint density at radius 2 is 1.54 bits per heavy atom. The number of thioether (sulfide) groups is 1. The molecular formula is C20H25NO4S. The maximum atomic E-state index is 12.6. The molecule has 2 aromatic rings. The molecule has 0 saturated heterocycles. The van der Waals surface area contributed by atoms with Gasteiger partial charge in [-0.1, -0.05) is 12.1 Å². The van der Waals surface area contributed by atoms with Gasteiger partial charge < -0.3 is 19.1 Å². The van der Waals surface area contributed by atoms with Crippen LogP contribution >= 0.6 is 11.8 Å². The zero-order valence-electron chi connectivity index (χ0n) is 15.9. The van der Waals surface area contributed by atoms with Crippen molar-refractivity contribution < 1.29 is 19.0 Å². The van der Waals surface area contributed by atoms with E-state index in [2.05, 4.69) is 24.3 Å². The molecule has 0 N–H and O–H groups in total. The second-order valence-electron chi connectivity index (χ2n) is 5.81. The van der Waals surface area contributed by atoms with Gasteiger partial charge in [-0.3, -0.25) is 4.79 Å². The first-order valence-electron chi connectivity index (χ1n) is 8.18. The van der Waals surface area contributed by atoms with Crippen LogP contribution in [0.2, 0.25) is 0 Å². The van der Waals surface area contributed by atoms with E-state index in [1.165, 1.54) is 4.90 Å². The number of carbonyl (C=O) groups excluding carboxylic acids is 1. The molecule has 0 atom stereocenters. The van der Waals surface area contributed by atoms with Crippen molar-refractivity contribution in [3.8, 4) is 17.2 Å². The smallest absolute Gasteiger partial charge is 0.227 e. The largest absolute Gasteiger partial charge is 0.493 e. The lowest BCUT2D eigenvalue weighted by molar-refractivity contribution is -0.129. The number of amides is 1. The van der Waals surface area contributed by atoms with Crippen molar-refractivity contribution in [1.82, 2.24) is 4.90 Å². The number of ether oxygens (including phenoxy) is 3. The van der Waals surface area contributed by atoms with Crippen LogP contribution in [-0.4, -0.2) is 45.4 Å². The lowest BCUT2D eigenvalue weighted by Crippen LogP contribution is -2.27. The number of carbonyl (C=O) groups is 1. The summed E-state index contributed by atoms with van der Waals surface area (Å²) in [6, 6.07) is 11.8. The Bertz CT molecular complexity index is 721. The van der Waals surface area contributed by atoms with Crippen molar-refractivity contribution in [3.05, 3.63) is 47.5 Å². The summed E-state index contributed by atoms with van der Waals surface area (Å²) >= 11 is 1.70. The molecule has 2 rings (SSSR count). The number of hydrogen-bond acceptors (Lipinski definition) is 5. The molecule has 6 heteroatoms. The minimum atomic E-state index is 0.0215. The lowest BCUT2D eigenvalue weighted by Gasteiger charge is -2.19. The SMILES string of the molecule is COc1cc(CC(=O)N(C)Cc2ccc(SC)cc2)cc(OC)c1OC. The minimum absolute atomic E-state index is 0.0215. The highest BCUT2D eigenvalue weighted by molar-refractivity contribution is 7.98. The quantitative estimate of drug-likeness (QED) is 0.660. The van der Waals surface area contributed by atoms with E-state index in [4.69, 9.17) is 14.2 Å². The molecule has 1 amide bonds. The first kappa shape index (κ1) is 20.0. The van der Waals surface area contributed by atoms with Gasteiger partial charge in [0.25, 0.3) is 0 Å². The molecular weight excluding hydrogens is 350 g/mol. The van der Waals surface area contributed by atoms with Gasteiger partial charge in [0.15, 0.2) is 11.5 Å². The van der Waals surface area contributed by atoms with Crippen molar-refractivity contribution in [2.75, 3.05) is 34.6 Å². The third-order valence-corrected chi connectivity index (χ3v) is 4.83. The van der Waals surface area contributed by atoms with Crippen LogP contribution in [0.5, 0.6) is 17.2 Å². The van der Waals surface area contributed by atoms with Gasteiger partial charge in [-0.25, -0.2) is 0 Å². The van der Waals surface area contributed by atoms with E-state index in [0.717, 1.165) is 11.1 Å². The summed E-state index contributed by atoms with van der Waals surface area (Å²) in [5.74, 6) is 1.64. The molecule has 0 bridgehead atoms. The number of rotatable bonds is 8. The van der Waals surface area contributed by atoms with Gasteiger partial charge in [-0.15, -0.1) is 11.8 Å². The Balaban J connectivity index is 2.10. The van der Waals surface area contributed by atoms with Gasteiger partial charge in [0, 0.05) is 18.5 Å². The van der Waals surface area contributed by atoms with Crippen LogP contribution in [0.4, 0.5) is 0 Å². The van der Waals surface area contributed by atoms with Crippen LogP contribution in [0.15, 0.2) is 41.3 Å². The van der Waals surface area contributed by atoms with Gasteiger partial charge in [-0.05, 0) is 41.6 Å². The normalized spacial score (nSPS) is 10.3. The summed E-state index contributed by atoms with van der Waals surface area (Å²) in [5.41, 5.74) is 1.91. The maximum Gasteiger partial charge on any atom is 0.227 e. The van der Waals surface area contributed by atoms with Gasteiger partial charge >= 0.3 is 0 Å². The number of benzene rings is 2. The number of likely N-dealkylation sites (N-methyl/N-ethyl adjacent to an activating group) is 1. The molecule has 0 fully saturated rings. The Morgan fingerprint density at radius 3 is 2.00 bits per heavy atom. The molecule has 5 nitrogen and oxygen atoms in total. The van der Waals surface area contributed by atoms with Crippen molar-refractivity contribution in [2.24, 2.45) is 0 Å². The molecule has 26 heavy (non-hydrogen) atoms. The standard InChI is InChI=1S/C20H25NO4S/c1-21(13-14-6-8-16(26-5)9-7-14)19(22)12-15-10-17(23-2)20(25-4)18(11-15)24-3/h6-11H,12-13H2,1-5H3. The topological polar surface area (TPSA) is 48.0 Å². The second-order valence-corrected chi connectivity index (χ2v) is 6.69. The summed E-state index contributed by atoms with van der Waals surface area (Å²) in [4.78, 5) is 15.5. The van der Waals surface area contributed by atoms with E-state index in [1.54, 1.807) is 50.1 Å². The second kappa shape index (κ2) is 9.38. The van der Waals surface area contributed by atoms with Crippen LogP contribution in [0.3, 0.4) is 0 Å². The molecule has 2 aromatic carbocycles. The van der Waals surface area contributed by atoms with E-state index in [9.17, 15) is 4.79 Å². The molecule has 140 valence electrons. The molecule has 0 spiro atoms. The fourth-order valence-electron chi connectivity index (χ4n) is 2.64. The molecule has 0 heterocycles. The molecule has 0 aromatic heterocycles. The van der Waals surface area contributed by atoms with Crippen LogP contribution in [0, 0.1) is 0 Å². The van der Waals surface area contributed by atoms with Gasteiger partial charge in [0.2, 0.25) is 11.7 Å². The fraction of sp³-hybridized carbons (Fsp3) is 0.350. The zero-order chi connectivity index (χ0) is 19.1. The fourth-order valence-corrected chi connectivity index (χ4v) is 3.05. The van der Waals surface area contributed by atoms with E-state index >= 15 is 0 Å². The van der Waals surface area contributed by atoms with Crippen LogP contribution in [-0.2, 0) is 17.8 Å². The first-order valence-corrected chi connectivity index (χ1v) is 9.40. The van der Waals surface area contributed by atoms with E-state index in [1.807, 2.05) is 13.3 Å². The summed E-state index contributed by atoms with van der Waals surface area (Å²) in [5, 5.41) is 0. The van der Waals surface area contributed by atoms with E-state index in [0.29, 0.717) is 23.8 Å². The van der Waals surface area contributed by atoms with Crippen molar-refractivity contribution in [2.45, 2.75) is 17.9 Å². The predicted octanol–water partition coefficient (Wildman–Crippen LogP) is 3.64.